The van der Waals surface area contributed by atoms with Gasteiger partial charge < -0.3 is 9.80 Å². The molecule has 0 aromatic heterocycles. The second-order valence-electron chi connectivity index (χ2n) is 6.05. The molecule has 2 rings (SSSR count). The van der Waals surface area contributed by atoms with Crippen LogP contribution in [0.3, 0.4) is 0 Å². The van der Waals surface area contributed by atoms with Crippen LogP contribution in [-0.4, -0.2) is 42.4 Å². The van der Waals surface area contributed by atoms with Crippen molar-refractivity contribution in [1.82, 2.24) is 9.80 Å². The standard InChI is InChI=1S/C17H25BrN2O/c1-19-12-4-3-5-16(19)10-11-17(21)20(2)13-14-6-8-15(18)9-7-14/h6-9,16H,3-5,10-13H2,1-2H3/t16-/m0/s1. The van der Waals surface area contributed by atoms with E-state index in [1.165, 1.54) is 31.4 Å². The minimum atomic E-state index is 0.247. The molecule has 0 N–H and O–H groups in total. The lowest BCUT2D eigenvalue weighted by Gasteiger charge is -2.32. The van der Waals surface area contributed by atoms with Crippen molar-refractivity contribution in [2.24, 2.45) is 0 Å². The van der Waals surface area contributed by atoms with Crippen LogP contribution in [0, 0.1) is 0 Å². The van der Waals surface area contributed by atoms with Crippen LogP contribution >= 0.6 is 15.9 Å². The van der Waals surface area contributed by atoms with Crippen LogP contribution in [0.2, 0.25) is 0 Å². The van der Waals surface area contributed by atoms with Gasteiger partial charge in [-0.2, -0.15) is 0 Å². The molecule has 1 atom stereocenters. The Kier molecular flexibility index (Phi) is 6.24. The summed E-state index contributed by atoms with van der Waals surface area (Å²) in [6, 6.07) is 8.74. The Morgan fingerprint density at radius 2 is 2.05 bits per heavy atom. The molecule has 116 valence electrons. The SMILES string of the molecule is CN(Cc1ccc(Br)cc1)C(=O)CC[C@@H]1CCCCN1C. The van der Waals surface area contributed by atoms with E-state index in [-0.39, 0.29) is 5.91 Å². The molecule has 4 heteroatoms. The summed E-state index contributed by atoms with van der Waals surface area (Å²) in [6.07, 6.45) is 5.48. The summed E-state index contributed by atoms with van der Waals surface area (Å²) in [6.45, 7) is 1.86. The monoisotopic (exact) mass is 352 g/mol. The van der Waals surface area contributed by atoms with E-state index < -0.39 is 0 Å². The Bertz CT molecular complexity index is 460. The lowest BCUT2D eigenvalue weighted by atomic mass is 9.98. The molecule has 0 aliphatic carbocycles. The Balaban J connectivity index is 1.78. The first-order valence-corrected chi connectivity index (χ1v) is 8.54. The van der Waals surface area contributed by atoms with Gasteiger partial charge in [0.25, 0.3) is 0 Å². The minimum absolute atomic E-state index is 0.247. The molecule has 0 unspecified atom stereocenters. The lowest BCUT2D eigenvalue weighted by Crippen LogP contribution is -2.37. The van der Waals surface area contributed by atoms with E-state index in [4.69, 9.17) is 0 Å². The number of benzene rings is 1. The van der Waals surface area contributed by atoms with E-state index in [0.29, 0.717) is 19.0 Å². The van der Waals surface area contributed by atoms with Gasteiger partial charge in [0.05, 0.1) is 0 Å². The summed E-state index contributed by atoms with van der Waals surface area (Å²) in [5, 5.41) is 0. The molecule has 0 bridgehead atoms. The quantitative estimate of drug-likeness (QED) is 0.806. The van der Waals surface area contributed by atoms with Gasteiger partial charge in [0.2, 0.25) is 5.91 Å². The largest absolute Gasteiger partial charge is 0.341 e. The van der Waals surface area contributed by atoms with Gasteiger partial charge in [-0.3, -0.25) is 4.79 Å². The molecule has 21 heavy (non-hydrogen) atoms. The zero-order chi connectivity index (χ0) is 15.2. The predicted octanol–water partition coefficient (Wildman–Crippen LogP) is 3.67. The molecule has 0 spiro atoms. The third-order valence-electron chi connectivity index (χ3n) is 4.37. The molecule has 1 amide bonds. The molecular weight excluding hydrogens is 328 g/mol. The van der Waals surface area contributed by atoms with Crippen molar-refractivity contribution < 1.29 is 4.79 Å². The topological polar surface area (TPSA) is 23.6 Å². The lowest BCUT2D eigenvalue weighted by molar-refractivity contribution is -0.130. The van der Waals surface area contributed by atoms with Crippen molar-refractivity contribution in [2.75, 3.05) is 20.6 Å². The van der Waals surface area contributed by atoms with Gasteiger partial charge in [0.15, 0.2) is 0 Å². The van der Waals surface area contributed by atoms with Crippen LogP contribution in [0.25, 0.3) is 0 Å². The number of piperidine rings is 1. The van der Waals surface area contributed by atoms with Crippen LogP contribution in [0.4, 0.5) is 0 Å². The first kappa shape index (κ1) is 16.5. The molecule has 0 saturated carbocycles. The van der Waals surface area contributed by atoms with Crippen LogP contribution < -0.4 is 0 Å². The smallest absolute Gasteiger partial charge is 0.222 e. The Morgan fingerprint density at radius 3 is 2.71 bits per heavy atom. The van der Waals surface area contributed by atoms with Crippen molar-refractivity contribution in [1.29, 1.82) is 0 Å². The number of likely N-dealkylation sites (tertiary alicyclic amines) is 1. The molecule has 1 aliphatic heterocycles. The zero-order valence-corrected chi connectivity index (χ0v) is 14.6. The Morgan fingerprint density at radius 1 is 1.33 bits per heavy atom. The van der Waals surface area contributed by atoms with E-state index in [2.05, 4.69) is 40.0 Å². The van der Waals surface area contributed by atoms with Crippen molar-refractivity contribution in [3.05, 3.63) is 34.3 Å². The van der Waals surface area contributed by atoms with Crippen LogP contribution in [0.15, 0.2) is 28.7 Å². The molecule has 1 aromatic rings. The summed E-state index contributed by atoms with van der Waals surface area (Å²) >= 11 is 3.43. The summed E-state index contributed by atoms with van der Waals surface area (Å²) in [5.41, 5.74) is 1.17. The molecule has 3 nitrogen and oxygen atoms in total. The number of amides is 1. The second-order valence-corrected chi connectivity index (χ2v) is 6.96. The highest BCUT2D eigenvalue weighted by Gasteiger charge is 2.20. The van der Waals surface area contributed by atoms with E-state index >= 15 is 0 Å². The van der Waals surface area contributed by atoms with Gasteiger partial charge in [-0.05, 0) is 50.6 Å². The molecule has 1 heterocycles. The van der Waals surface area contributed by atoms with E-state index in [0.717, 1.165) is 10.9 Å². The zero-order valence-electron chi connectivity index (χ0n) is 13.0. The van der Waals surface area contributed by atoms with Gasteiger partial charge in [-0.25, -0.2) is 0 Å². The fourth-order valence-electron chi connectivity index (χ4n) is 2.94. The molecule has 0 radical (unpaired) electrons. The third kappa shape index (κ3) is 5.11. The van der Waals surface area contributed by atoms with E-state index in [1.807, 2.05) is 24.1 Å². The van der Waals surface area contributed by atoms with Crippen molar-refractivity contribution in [3.63, 3.8) is 0 Å². The summed E-state index contributed by atoms with van der Waals surface area (Å²) in [4.78, 5) is 16.5. The number of nitrogens with zero attached hydrogens (tertiary/aromatic N) is 2. The summed E-state index contributed by atoms with van der Waals surface area (Å²) in [5.74, 6) is 0.247. The highest BCUT2D eigenvalue weighted by atomic mass is 79.9. The molecule has 1 aromatic carbocycles. The van der Waals surface area contributed by atoms with Gasteiger partial charge in [0, 0.05) is 30.5 Å². The maximum atomic E-state index is 12.3. The van der Waals surface area contributed by atoms with E-state index in [9.17, 15) is 4.79 Å². The first-order chi connectivity index (χ1) is 10.1. The number of hydrogen-bond acceptors (Lipinski definition) is 2. The highest BCUT2D eigenvalue weighted by Crippen LogP contribution is 2.19. The van der Waals surface area contributed by atoms with E-state index in [1.54, 1.807) is 0 Å². The molecule has 1 saturated heterocycles. The second kappa shape index (κ2) is 7.95. The van der Waals surface area contributed by atoms with Crippen LogP contribution in [-0.2, 0) is 11.3 Å². The number of hydrogen-bond donors (Lipinski definition) is 0. The average Bonchev–Trinajstić information content (AvgIpc) is 2.48. The van der Waals surface area contributed by atoms with Gasteiger partial charge in [-0.1, -0.05) is 34.5 Å². The molecule has 1 aliphatic rings. The number of halogens is 1. The minimum Gasteiger partial charge on any atom is -0.341 e. The normalized spacial score (nSPS) is 19.5. The number of carbonyl (C=O) groups excluding carboxylic acids is 1. The van der Waals surface area contributed by atoms with Crippen LogP contribution in [0.5, 0.6) is 0 Å². The van der Waals surface area contributed by atoms with Gasteiger partial charge >= 0.3 is 0 Å². The maximum absolute atomic E-state index is 12.3. The fourth-order valence-corrected chi connectivity index (χ4v) is 3.21. The average molecular weight is 353 g/mol. The predicted molar refractivity (Wildman–Crippen MR) is 90.1 cm³/mol. The maximum Gasteiger partial charge on any atom is 0.222 e. The van der Waals surface area contributed by atoms with Crippen molar-refractivity contribution in [3.8, 4) is 0 Å². The summed E-state index contributed by atoms with van der Waals surface area (Å²) in [7, 11) is 4.08. The third-order valence-corrected chi connectivity index (χ3v) is 4.90. The van der Waals surface area contributed by atoms with Gasteiger partial charge in [-0.15, -0.1) is 0 Å². The van der Waals surface area contributed by atoms with Crippen LogP contribution in [0.1, 0.15) is 37.7 Å². The fraction of sp³-hybridized carbons (Fsp3) is 0.588. The number of carbonyl (C=O) groups is 1. The molecule has 1 fully saturated rings. The Labute approximate surface area is 136 Å². The van der Waals surface area contributed by atoms with Gasteiger partial charge in [0.1, 0.15) is 0 Å². The highest BCUT2D eigenvalue weighted by molar-refractivity contribution is 9.10. The first-order valence-electron chi connectivity index (χ1n) is 7.75. The molecular formula is C17H25BrN2O. The number of rotatable bonds is 5. The van der Waals surface area contributed by atoms with Crippen molar-refractivity contribution >= 4 is 21.8 Å². The Hall–Kier alpha value is -0.870. The summed E-state index contributed by atoms with van der Waals surface area (Å²) < 4.78 is 1.07. The van der Waals surface area contributed by atoms with Crippen molar-refractivity contribution in [2.45, 2.75) is 44.7 Å².